The van der Waals surface area contributed by atoms with Gasteiger partial charge in [-0.05, 0) is 0 Å². The van der Waals surface area contributed by atoms with Gasteiger partial charge in [0, 0.05) is 0 Å². The quantitative estimate of drug-likeness (QED) is 0.209. The van der Waals surface area contributed by atoms with E-state index in [2.05, 4.69) is 0 Å². The Morgan fingerprint density at radius 1 is 1.00 bits per heavy atom. The fraction of sp³-hybridized carbons (Fsp3) is 0.917. The predicted octanol–water partition coefficient (Wildman–Crippen LogP) is -5.55. The van der Waals surface area contributed by atoms with Gasteiger partial charge in [-0.3, -0.25) is 4.79 Å². The summed E-state index contributed by atoms with van der Waals surface area (Å²) in [7, 11) is 0. The smallest absolute Gasteiger partial charge is 0.195 e. The molecule has 1 aliphatic heterocycles. The lowest BCUT2D eigenvalue weighted by molar-refractivity contribution is -0.314. The molecule has 1 rings (SSSR count). The Kier molecular flexibility index (Phi) is 7.89. The van der Waals surface area contributed by atoms with E-state index >= 15 is 0 Å². The summed E-state index contributed by atoms with van der Waals surface area (Å²) in [5.41, 5.74) is 0. The van der Waals surface area contributed by atoms with Crippen LogP contribution in [-0.2, 0) is 14.3 Å². The van der Waals surface area contributed by atoms with E-state index in [-0.39, 0.29) is 0 Å². The highest BCUT2D eigenvalue weighted by atomic mass is 16.7. The Bertz CT molecular complexity index is 376. The number of hydrogen-bond acceptors (Lipinski definition) is 11. The maximum Gasteiger partial charge on any atom is 0.195 e. The standard InChI is InChI=1S/C12H22O11/c13-1-4(16)7(18)11(5(17)2-14)23-12-10(21)9(20)8(19)6(3-15)22-12/h4-6,8-17,19-21H,1-3H2/t4?,5-,6-,8+,9+,10-,11-,12?/m1/s1. The lowest BCUT2D eigenvalue weighted by atomic mass is 9.99. The van der Waals surface area contributed by atoms with Crippen LogP contribution in [0.2, 0.25) is 0 Å². The molecule has 1 saturated heterocycles. The van der Waals surface area contributed by atoms with Crippen molar-refractivity contribution in [2.45, 2.75) is 49.0 Å². The van der Waals surface area contributed by atoms with Crippen LogP contribution < -0.4 is 0 Å². The van der Waals surface area contributed by atoms with Crippen LogP contribution in [0.1, 0.15) is 0 Å². The SMILES string of the molecule is O=C(C(O)CO)[C@H](OC1O[C@H](CO)[C@H](O)[C@H](O)[C@H]1O)[C@H](O)CO. The highest BCUT2D eigenvalue weighted by Crippen LogP contribution is 2.24. The molecule has 0 amide bonds. The van der Waals surface area contributed by atoms with E-state index < -0.39 is 74.6 Å². The summed E-state index contributed by atoms with van der Waals surface area (Å²) >= 11 is 0. The van der Waals surface area contributed by atoms with Crippen LogP contribution in [0.5, 0.6) is 0 Å². The van der Waals surface area contributed by atoms with Gasteiger partial charge in [0.05, 0.1) is 19.8 Å². The third-order valence-electron chi connectivity index (χ3n) is 3.45. The molecule has 1 fully saturated rings. The molecule has 0 saturated carbocycles. The molecule has 2 unspecified atom stereocenters. The molecule has 0 aromatic rings. The molecular weight excluding hydrogens is 320 g/mol. The zero-order valence-corrected chi connectivity index (χ0v) is 12.0. The monoisotopic (exact) mass is 342 g/mol. The van der Waals surface area contributed by atoms with E-state index in [1.54, 1.807) is 0 Å². The van der Waals surface area contributed by atoms with Gasteiger partial charge in [-0.1, -0.05) is 0 Å². The second-order valence-corrected chi connectivity index (χ2v) is 5.10. The largest absolute Gasteiger partial charge is 0.394 e. The van der Waals surface area contributed by atoms with Crippen molar-refractivity contribution in [2.75, 3.05) is 19.8 Å². The van der Waals surface area contributed by atoms with Gasteiger partial charge in [0.2, 0.25) is 0 Å². The normalized spacial score (nSPS) is 35.6. The van der Waals surface area contributed by atoms with Crippen molar-refractivity contribution in [3.8, 4) is 0 Å². The predicted molar refractivity (Wildman–Crippen MR) is 69.8 cm³/mol. The number of Topliss-reactive ketones (excluding diaryl/α,β-unsaturated/α-hetero) is 1. The lowest BCUT2D eigenvalue weighted by Crippen LogP contribution is -2.61. The van der Waals surface area contributed by atoms with E-state index in [4.69, 9.17) is 24.8 Å². The van der Waals surface area contributed by atoms with Crippen LogP contribution >= 0.6 is 0 Å². The minimum Gasteiger partial charge on any atom is -0.394 e. The number of hydrogen-bond donors (Lipinski definition) is 8. The van der Waals surface area contributed by atoms with E-state index in [9.17, 15) is 30.3 Å². The summed E-state index contributed by atoms with van der Waals surface area (Å²) < 4.78 is 10.0. The van der Waals surface area contributed by atoms with Crippen LogP contribution in [0.3, 0.4) is 0 Å². The van der Waals surface area contributed by atoms with Crippen molar-refractivity contribution >= 4 is 5.78 Å². The molecule has 0 radical (unpaired) electrons. The first-order chi connectivity index (χ1) is 10.8. The summed E-state index contributed by atoms with van der Waals surface area (Å²) in [6, 6.07) is 0. The first kappa shape index (κ1) is 20.3. The van der Waals surface area contributed by atoms with Crippen LogP contribution in [0.4, 0.5) is 0 Å². The molecule has 136 valence electrons. The van der Waals surface area contributed by atoms with E-state index in [1.165, 1.54) is 0 Å². The van der Waals surface area contributed by atoms with Gasteiger partial charge in [0.1, 0.15) is 42.7 Å². The van der Waals surface area contributed by atoms with Gasteiger partial charge >= 0.3 is 0 Å². The minimum atomic E-state index is -1.91. The topological polar surface area (TPSA) is 197 Å². The zero-order chi connectivity index (χ0) is 17.7. The van der Waals surface area contributed by atoms with Gasteiger partial charge in [0.25, 0.3) is 0 Å². The zero-order valence-electron chi connectivity index (χ0n) is 12.0. The van der Waals surface area contributed by atoms with Gasteiger partial charge in [-0.25, -0.2) is 0 Å². The average Bonchev–Trinajstić information content (AvgIpc) is 2.57. The van der Waals surface area contributed by atoms with Gasteiger partial charge in [0.15, 0.2) is 12.1 Å². The molecule has 8 N–H and O–H groups in total. The van der Waals surface area contributed by atoms with Crippen LogP contribution in [0.25, 0.3) is 0 Å². The molecule has 0 aromatic carbocycles. The minimum absolute atomic E-state index is 0.731. The first-order valence-corrected chi connectivity index (χ1v) is 6.86. The molecule has 0 aromatic heterocycles. The molecule has 0 bridgehead atoms. The van der Waals surface area contributed by atoms with Crippen molar-refractivity contribution in [2.24, 2.45) is 0 Å². The van der Waals surface area contributed by atoms with Crippen molar-refractivity contribution < 1.29 is 55.1 Å². The Labute approximate surface area is 130 Å². The van der Waals surface area contributed by atoms with Crippen molar-refractivity contribution in [1.82, 2.24) is 0 Å². The fourth-order valence-electron chi connectivity index (χ4n) is 2.05. The van der Waals surface area contributed by atoms with Crippen molar-refractivity contribution in [3.05, 3.63) is 0 Å². The highest BCUT2D eigenvalue weighted by molar-refractivity contribution is 5.87. The van der Waals surface area contributed by atoms with Gasteiger partial charge in [-0.2, -0.15) is 0 Å². The summed E-state index contributed by atoms with van der Waals surface area (Å²) in [5, 5.41) is 74.7. The van der Waals surface area contributed by atoms with Crippen LogP contribution in [-0.4, -0.2) is 115 Å². The van der Waals surface area contributed by atoms with Crippen molar-refractivity contribution in [1.29, 1.82) is 0 Å². The third-order valence-corrected chi connectivity index (χ3v) is 3.45. The second-order valence-electron chi connectivity index (χ2n) is 5.10. The first-order valence-electron chi connectivity index (χ1n) is 6.86. The van der Waals surface area contributed by atoms with Gasteiger partial charge < -0.3 is 50.3 Å². The summed E-state index contributed by atoms with van der Waals surface area (Å²) in [4.78, 5) is 11.8. The fourth-order valence-corrected chi connectivity index (χ4v) is 2.05. The maximum absolute atomic E-state index is 11.8. The van der Waals surface area contributed by atoms with Gasteiger partial charge in [-0.15, -0.1) is 0 Å². The summed E-state index contributed by atoms with van der Waals surface area (Å²) in [6.45, 7) is -2.64. The summed E-state index contributed by atoms with van der Waals surface area (Å²) in [5.74, 6) is -1.19. The molecule has 0 aliphatic carbocycles. The number of carbonyl (C=O) groups excluding carboxylic acids is 1. The second kappa shape index (κ2) is 8.94. The lowest BCUT2D eigenvalue weighted by Gasteiger charge is -2.41. The van der Waals surface area contributed by atoms with Crippen molar-refractivity contribution in [3.63, 3.8) is 0 Å². The number of carbonyl (C=O) groups is 1. The maximum atomic E-state index is 11.8. The average molecular weight is 342 g/mol. The molecular formula is C12H22O11. The number of ether oxygens (including phenoxy) is 2. The number of rotatable bonds is 8. The molecule has 23 heavy (non-hydrogen) atoms. The molecule has 0 spiro atoms. The molecule has 11 nitrogen and oxygen atoms in total. The Morgan fingerprint density at radius 2 is 1.61 bits per heavy atom. The van der Waals surface area contributed by atoms with Crippen LogP contribution in [0.15, 0.2) is 0 Å². The highest BCUT2D eigenvalue weighted by Gasteiger charge is 2.46. The molecule has 1 heterocycles. The number of ketones is 1. The van der Waals surface area contributed by atoms with E-state index in [0.717, 1.165) is 0 Å². The Hall–Kier alpha value is -0.730. The molecule has 1 aliphatic rings. The Balaban J connectivity index is 2.91. The molecule has 8 atom stereocenters. The summed E-state index contributed by atoms with van der Waals surface area (Å²) in [6.07, 6.45) is -13.9. The van der Waals surface area contributed by atoms with E-state index in [0.29, 0.717) is 0 Å². The third kappa shape index (κ3) is 4.64. The number of aliphatic hydroxyl groups is 8. The van der Waals surface area contributed by atoms with Crippen LogP contribution in [0, 0.1) is 0 Å². The molecule has 11 heteroatoms. The van der Waals surface area contributed by atoms with E-state index in [1.807, 2.05) is 0 Å². The Morgan fingerprint density at radius 3 is 2.09 bits per heavy atom. The number of aliphatic hydroxyl groups excluding tert-OH is 8.